The van der Waals surface area contributed by atoms with Crippen molar-refractivity contribution in [1.29, 1.82) is 0 Å². The Balaban J connectivity index is 1.30. The zero-order chi connectivity index (χ0) is 23.5. The van der Waals surface area contributed by atoms with Crippen molar-refractivity contribution in [3.63, 3.8) is 0 Å². The quantitative estimate of drug-likeness (QED) is 0.334. The van der Waals surface area contributed by atoms with E-state index in [1.165, 1.54) is 10.8 Å². The van der Waals surface area contributed by atoms with Gasteiger partial charge in [0.05, 0.1) is 11.4 Å². The molecule has 1 aliphatic heterocycles. The molecule has 0 saturated carbocycles. The third-order valence-corrected chi connectivity index (χ3v) is 5.98. The van der Waals surface area contributed by atoms with Gasteiger partial charge in [-0.25, -0.2) is 0 Å². The van der Waals surface area contributed by atoms with Crippen molar-refractivity contribution < 1.29 is 9.53 Å². The first-order valence-electron chi connectivity index (χ1n) is 11.1. The molecule has 2 N–H and O–H groups in total. The summed E-state index contributed by atoms with van der Waals surface area (Å²) in [6.07, 6.45) is 4.17. The van der Waals surface area contributed by atoms with Crippen LogP contribution in [0.15, 0.2) is 91.1 Å². The van der Waals surface area contributed by atoms with Gasteiger partial charge in [0, 0.05) is 34.5 Å². The highest BCUT2D eigenvalue weighted by atomic mass is 35.5. The van der Waals surface area contributed by atoms with E-state index in [-0.39, 0.29) is 12.5 Å². The van der Waals surface area contributed by atoms with Crippen LogP contribution in [-0.2, 0) is 4.79 Å². The maximum Gasteiger partial charge on any atom is 0.262 e. The van der Waals surface area contributed by atoms with Gasteiger partial charge in [-0.2, -0.15) is 0 Å². The van der Waals surface area contributed by atoms with Crippen LogP contribution < -0.4 is 20.3 Å². The van der Waals surface area contributed by atoms with Gasteiger partial charge in [0.25, 0.3) is 5.91 Å². The maximum atomic E-state index is 12.4. The van der Waals surface area contributed by atoms with Crippen LogP contribution in [0, 0.1) is 6.92 Å². The van der Waals surface area contributed by atoms with Crippen LogP contribution in [0.4, 0.5) is 22.7 Å². The molecular formula is C28H24ClN3O2. The molecule has 34 heavy (non-hydrogen) atoms. The summed E-state index contributed by atoms with van der Waals surface area (Å²) in [5.41, 5.74) is 4.78. The largest absolute Gasteiger partial charge is 0.483 e. The zero-order valence-electron chi connectivity index (χ0n) is 18.7. The Morgan fingerprint density at radius 3 is 2.71 bits per heavy atom. The fourth-order valence-corrected chi connectivity index (χ4v) is 4.32. The number of carbonyl (C=O) groups is 1. The minimum absolute atomic E-state index is 0.0782. The highest BCUT2D eigenvalue weighted by Gasteiger charge is 2.16. The number of hydrogen-bond donors (Lipinski definition) is 2. The van der Waals surface area contributed by atoms with Crippen molar-refractivity contribution in [2.24, 2.45) is 0 Å². The molecule has 0 aliphatic carbocycles. The van der Waals surface area contributed by atoms with E-state index in [0.29, 0.717) is 16.5 Å². The van der Waals surface area contributed by atoms with Crippen LogP contribution in [0.1, 0.15) is 5.56 Å². The Bertz CT molecular complexity index is 1380. The molecule has 5 nitrogen and oxygen atoms in total. The molecule has 0 bridgehead atoms. The fraction of sp³-hybridized carbons (Fsp3) is 0.107. The topological polar surface area (TPSA) is 53.6 Å². The Hall–Kier alpha value is -3.96. The van der Waals surface area contributed by atoms with E-state index in [1.54, 1.807) is 18.2 Å². The summed E-state index contributed by atoms with van der Waals surface area (Å²) < 4.78 is 5.64. The zero-order valence-corrected chi connectivity index (χ0v) is 19.5. The molecule has 5 rings (SSSR count). The summed E-state index contributed by atoms with van der Waals surface area (Å²) in [7, 11) is 0. The first-order chi connectivity index (χ1) is 16.6. The number of aryl methyl sites for hydroxylation is 1. The van der Waals surface area contributed by atoms with Crippen molar-refractivity contribution in [2.75, 3.05) is 28.7 Å². The minimum Gasteiger partial charge on any atom is -0.483 e. The van der Waals surface area contributed by atoms with Crippen LogP contribution in [0.2, 0.25) is 5.02 Å². The lowest BCUT2D eigenvalue weighted by Crippen LogP contribution is -2.20. The molecular weight excluding hydrogens is 446 g/mol. The lowest BCUT2D eigenvalue weighted by molar-refractivity contribution is -0.118. The highest BCUT2D eigenvalue weighted by Crippen LogP contribution is 2.39. The number of rotatable bonds is 5. The minimum atomic E-state index is -0.224. The van der Waals surface area contributed by atoms with Gasteiger partial charge in [-0.15, -0.1) is 0 Å². The van der Waals surface area contributed by atoms with Gasteiger partial charge in [0.1, 0.15) is 5.75 Å². The van der Waals surface area contributed by atoms with Gasteiger partial charge in [0.15, 0.2) is 6.61 Å². The molecule has 1 heterocycles. The van der Waals surface area contributed by atoms with E-state index >= 15 is 0 Å². The van der Waals surface area contributed by atoms with Gasteiger partial charge in [-0.05, 0) is 72.5 Å². The van der Waals surface area contributed by atoms with E-state index in [9.17, 15) is 4.79 Å². The number of hydrogen-bond acceptors (Lipinski definition) is 4. The number of nitrogens with one attached hydrogen (secondary N) is 2. The first kappa shape index (κ1) is 21.9. The molecule has 6 heteroatoms. The average Bonchev–Trinajstić information content (AvgIpc) is 3.07. The number of ether oxygens (including phenoxy) is 1. The second-order valence-corrected chi connectivity index (χ2v) is 8.55. The summed E-state index contributed by atoms with van der Waals surface area (Å²) in [6, 6.07) is 25.7. The molecule has 1 aliphatic rings. The third kappa shape index (κ3) is 4.56. The Kier molecular flexibility index (Phi) is 6.11. The average molecular weight is 470 g/mol. The summed E-state index contributed by atoms with van der Waals surface area (Å²) in [5, 5.41) is 9.45. The lowest BCUT2D eigenvalue weighted by Gasteiger charge is -2.23. The van der Waals surface area contributed by atoms with Crippen LogP contribution in [0.25, 0.3) is 10.8 Å². The molecule has 4 aromatic carbocycles. The van der Waals surface area contributed by atoms with Crippen molar-refractivity contribution in [2.45, 2.75) is 6.92 Å². The van der Waals surface area contributed by atoms with Crippen molar-refractivity contribution in [3.8, 4) is 5.75 Å². The molecule has 0 aromatic heterocycles. The molecule has 1 amide bonds. The molecule has 0 atom stereocenters. The predicted octanol–water partition coefficient (Wildman–Crippen LogP) is 6.90. The van der Waals surface area contributed by atoms with Crippen LogP contribution in [0.3, 0.4) is 0 Å². The number of fused-ring (bicyclic) bond motifs is 3. The molecule has 0 unspecified atom stereocenters. The van der Waals surface area contributed by atoms with Gasteiger partial charge in [0.2, 0.25) is 0 Å². The second-order valence-electron chi connectivity index (χ2n) is 8.11. The number of nitrogens with zero attached hydrogens (tertiary/aromatic N) is 1. The van der Waals surface area contributed by atoms with Gasteiger partial charge in [-0.1, -0.05) is 41.9 Å². The van der Waals surface area contributed by atoms with E-state index in [2.05, 4.69) is 64.2 Å². The normalized spacial score (nSPS) is 12.6. The summed E-state index contributed by atoms with van der Waals surface area (Å²) in [5.74, 6) is 0.417. The molecule has 170 valence electrons. The fourth-order valence-electron chi connectivity index (χ4n) is 4.09. The van der Waals surface area contributed by atoms with E-state index in [0.717, 1.165) is 29.2 Å². The number of carbonyl (C=O) groups excluding carboxylic acids is 1. The lowest BCUT2D eigenvalue weighted by atomic mass is 10.1. The number of amides is 1. The Morgan fingerprint density at radius 2 is 1.88 bits per heavy atom. The van der Waals surface area contributed by atoms with Gasteiger partial charge < -0.3 is 20.3 Å². The molecule has 0 fully saturated rings. The smallest absolute Gasteiger partial charge is 0.262 e. The third-order valence-electron chi connectivity index (χ3n) is 5.74. The number of benzene rings is 4. The first-order valence-corrected chi connectivity index (χ1v) is 11.5. The van der Waals surface area contributed by atoms with E-state index < -0.39 is 0 Å². The molecule has 0 spiro atoms. The number of halogens is 1. The van der Waals surface area contributed by atoms with Crippen molar-refractivity contribution in [3.05, 3.63) is 102 Å². The standard InChI is InChI=1S/C28H24ClN3O2/c1-19-17-21(29)8-14-26(19)34-18-27(33)31-22-9-11-23(12-10-22)32-16-4-15-30-28-24-6-3-2-5-20(24)7-13-25(28)32/h2-14,16-17,30H,15,18H2,1H3,(H,31,33). The van der Waals surface area contributed by atoms with Gasteiger partial charge in [-0.3, -0.25) is 4.79 Å². The molecule has 0 saturated heterocycles. The Labute approximate surface area is 203 Å². The van der Waals surface area contributed by atoms with Crippen LogP contribution in [0.5, 0.6) is 5.75 Å². The Morgan fingerprint density at radius 1 is 1.06 bits per heavy atom. The van der Waals surface area contributed by atoms with Crippen LogP contribution >= 0.6 is 11.6 Å². The van der Waals surface area contributed by atoms with E-state index in [4.69, 9.17) is 16.3 Å². The summed E-state index contributed by atoms with van der Waals surface area (Å²) >= 11 is 5.97. The second kappa shape index (κ2) is 9.49. The summed E-state index contributed by atoms with van der Waals surface area (Å²) in [4.78, 5) is 14.5. The van der Waals surface area contributed by atoms with Crippen molar-refractivity contribution in [1.82, 2.24) is 0 Å². The van der Waals surface area contributed by atoms with E-state index in [1.807, 2.05) is 31.2 Å². The van der Waals surface area contributed by atoms with Crippen molar-refractivity contribution >= 4 is 51.0 Å². The molecule has 4 aromatic rings. The summed E-state index contributed by atoms with van der Waals surface area (Å²) in [6.45, 7) is 2.57. The predicted molar refractivity (Wildman–Crippen MR) is 140 cm³/mol. The monoisotopic (exact) mass is 469 g/mol. The maximum absolute atomic E-state index is 12.4. The van der Waals surface area contributed by atoms with Gasteiger partial charge >= 0.3 is 0 Å². The SMILES string of the molecule is Cc1cc(Cl)ccc1OCC(=O)Nc1ccc(N2C=CCNc3c2ccc2ccccc32)cc1. The number of anilines is 4. The highest BCUT2D eigenvalue weighted by molar-refractivity contribution is 6.30. The van der Waals surface area contributed by atoms with Crippen LogP contribution in [-0.4, -0.2) is 19.1 Å². The molecule has 0 radical (unpaired) electrons.